The summed E-state index contributed by atoms with van der Waals surface area (Å²) in [5.74, 6) is 1.65. The van der Waals surface area contributed by atoms with Crippen molar-refractivity contribution in [2.24, 2.45) is 17.8 Å². The van der Waals surface area contributed by atoms with Crippen molar-refractivity contribution >= 4 is 23.4 Å². The monoisotopic (exact) mass is 288 g/mol. The standard InChI is InChI=1S/C16H20N2O3/c1-21-16(20)18-13-6-4-12(5-7-13)17-15(19)14-9-10-2-3-11(14)8-10/h4-7,10-11,14H,2-3,8-9H2,1H3,(H,17,19)(H,18,20)/t10-,11-,14-/m0/s1. The van der Waals surface area contributed by atoms with Crippen LogP contribution in [-0.2, 0) is 9.53 Å². The maximum absolute atomic E-state index is 12.3. The summed E-state index contributed by atoms with van der Waals surface area (Å²) in [6.45, 7) is 0. The molecule has 2 amide bonds. The number of hydrogen-bond donors (Lipinski definition) is 2. The van der Waals surface area contributed by atoms with E-state index < -0.39 is 6.09 Å². The van der Waals surface area contributed by atoms with Gasteiger partial charge in [0, 0.05) is 17.3 Å². The third kappa shape index (κ3) is 3.01. The number of rotatable bonds is 3. The van der Waals surface area contributed by atoms with Crippen LogP contribution < -0.4 is 10.6 Å². The van der Waals surface area contributed by atoms with Crippen LogP contribution in [0.4, 0.5) is 16.2 Å². The highest BCUT2D eigenvalue weighted by Crippen LogP contribution is 2.48. The van der Waals surface area contributed by atoms with Gasteiger partial charge in [0.15, 0.2) is 0 Å². The number of anilines is 2. The molecule has 0 aromatic heterocycles. The van der Waals surface area contributed by atoms with E-state index in [9.17, 15) is 9.59 Å². The summed E-state index contributed by atoms with van der Waals surface area (Å²) in [5, 5.41) is 5.56. The number of ether oxygens (including phenoxy) is 1. The van der Waals surface area contributed by atoms with Gasteiger partial charge in [-0.2, -0.15) is 0 Å². The van der Waals surface area contributed by atoms with E-state index in [0.717, 1.165) is 18.0 Å². The Kier molecular flexibility index (Phi) is 3.82. The molecular formula is C16H20N2O3. The Hall–Kier alpha value is -2.04. The van der Waals surface area contributed by atoms with E-state index >= 15 is 0 Å². The van der Waals surface area contributed by atoms with Gasteiger partial charge in [0.1, 0.15) is 0 Å². The molecule has 0 spiro atoms. The van der Waals surface area contributed by atoms with Crippen molar-refractivity contribution in [3.05, 3.63) is 24.3 Å². The van der Waals surface area contributed by atoms with E-state index in [-0.39, 0.29) is 11.8 Å². The Balaban J connectivity index is 1.57. The first-order valence-electron chi connectivity index (χ1n) is 7.41. The zero-order valence-electron chi connectivity index (χ0n) is 12.1. The van der Waals surface area contributed by atoms with Crippen LogP contribution in [0.15, 0.2) is 24.3 Å². The van der Waals surface area contributed by atoms with Crippen molar-refractivity contribution in [3.8, 4) is 0 Å². The van der Waals surface area contributed by atoms with Gasteiger partial charge in [-0.05, 0) is 55.4 Å². The summed E-state index contributed by atoms with van der Waals surface area (Å²) < 4.78 is 4.52. The Morgan fingerprint density at radius 1 is 1.05 bits per heavy atom. The van der Waals surface area contributed by atoms with Crippen molar-refractivity contribution in [2.45, 2.75) is 25.7 Å². The van der Waals surface area contributed by atoms with Gasteiger partial charge in [-0.3, -0.25) is 10.1 Å². The van der Waals surface area contributed by atoms with Crippen LogP contribution in [0.1, 0.15) is 25.7 Å². The van der Waals surface area contributed by atoms with Gasteiger partial charge in [-0.1, -0.05) is 6.42 Å². The van der Waals surface area contributed by atoms with Crippen LogP contribution in [-0.4, -0.2) is 19.1 Å². The number of fused-ring (bicyclic) bond motifs is 2. The molecule has 2 aliphatic carbocycles. The van der Waals surface area contributed by atoms with Gasteiger partial charge in [0.2, 0.25) is 5.91 Å². The third-order valence-electron chi connectivity index (χ3n) is 4.66. The summed E-state index contributed by atoms with van der Waals surface area (Å²) >= 11 is 0. The Labute approximate surface area is 124 Å². The molecule has 0 aliphatic heterocycles. The summed E-state index contributed by atoms with van der Waals surface area (Å²) in [7, 11) is 1.32. The molecule has 3 rings (SSSR count). The van der Waals surface area contributed by atoms with E-state index in [4.69, 9.17) is 0 Å². The Morgan fingerprint density at radius 2 is 1.71 bits per heavy atom. The van der Waals surface area contributed by atoms with Crippen LogP contribution >= 0.6 is 0 Å². The van der Waals surface area contributed by atoms with E-state index in [1.807, 2.05) is 0 Å². The summed E-state index contributed by atoms with van der Waals surface area (Å²) in [6.07, 6.45) is 4.25. The number of methoxy groups -OCH3 is 1. The zero-order valence-corrected chi connectivity index (χ0v) is 12.1. The highest BCUT2D eigenvalue weighted by molar-refractivity contribution is 5.93. The van der Waals surface area contributed by atoms with E-state index in [1.54, 1.807) is 24.3 Å². The molecule has 21 heavy (non-hydrogen) atoms. The van der Waals surface area contributed by atoms with Crippen LogP contribution in [0.25, 0.3) is 0 Å². The predicted octanol–water partition coefficient (Wildman–Crippen LogP) is 3.24. The first kappa shape index (κ1) is 13.9. The Morgan fingerprint density at radius 3 is 2.24 bits per heavy atom. The van der Waals surface area contributed by atoms with Crippen molar-refractivity contribution in [1.29, 1.82) is 0 Å². The van der Waals surface area contributed by atoms with E-state index in [2.05, 4.69) is 15.4 Å². The topological polar surface area (TPSA) is 67.4 Å². The van der Waals surface area contributed by atoms with E-state index in [0.29, 0.717) is 11.6 Å². The van der Waals surface area contributed by atoms with Gasteiger partial charge >= 0.3 is 6.09 Å². The zero-order chi connectivity index (χ0) is 14.8. The maximum Gasteiger partial charge on any atom is 0.411 e. The molecule has 1 aromatic rings. The second kappa shape index (κ2) is 5.76. The van der Waals surface area contributed by atoms with Crippen molar-refractivity contribution in [1.82, 2.24) is 0 Å². The van der Waals surface area contributed by atoms with Gasteiger partial charge in [-0.15, -0.1) is 0 Å². The highest BCUT2D eigenvalue weighted by atomic mass is 16.5. The van der Waals surface area contributed by atoms with Crippen molar-refractivity contribution < 1.29 is 14.3 Å². The molecule has 2 N–H and O–H groups in total. The maximum atomic E-state index is 12.3. The summed E-state index contributed by atoms with van der Waals surface area (Å²) in [6, 6.07) is 7.06. The molecule has 2 bridgehead atoms. The smallest absolute Gasteiger partial charge is 0.411 e. The molecule has 2 aliphatic rings. The molecule has 0 unspecified atom stereocenters. The molecule has 5 nitrogen and oxygen atoms in total. The number of amides is 2. The highest BCUT2D eigenvalue weighted by Gasteiger charge is 2.42. The molecule has 0 radical (unpaired) electrons. The summed E-state index contributed by atoms with van der Waals surface area (Å²) in [5.41, 5.74) is 1.40. The number of benzene rings is 1. The quantitative estimate of drug-likeness (QED) is 0.897. The lowest BCUT2D eigenvalue weighted by Gasteiger charge is -2.20. The minimum absolute atomic E-state index is 0.135. The second-order valence-corrected chi connectivity index (χ2v) is 5.96. The van der Waals surface area contributed by atoms with Crippen molar-refractivity contribution in [3.63, 3.8) is 0 Å². The van der Waals surface area contributed by atoms with Crippen molar-refractivity contribution in [2.75, 3.05) is 17.7 Å². The molecule has 2 saturated carbocycles. The van der Waals surface area contributed by atoms with E-state index in [1.165, 1.54) is 26.4 Å². The second-order valence-electron chi connectivity index (χ2n) is 5.96. The molecule has 0 saturated heterocycles. The number of carbonyl (C=O) groups is 2. The molecule has 112 valence electrons. The normalized spacial score (nSPS) is 26.4. The average molecular weight is 288 g/mol. The minimum atomic E-state index is -0.506. The molecule has 1 aromatic carbocycles. The minimum Gasteiger partial charge on any atom is -0.453 e. The molecular weight excluding hydrogens is 268 g/mol. The Bertz CT molecular complexity index is 541. The van der Waals surface area contributed by atoms with Gasteiger partial charge in [-0.25, -0.2) is 4.79 Å². The third-order valence-corrected chi connectivity index (χ3v) is 4.66. The fourth-order valence-corrected chi connectivity index (χ4v) is 3.61. The summed E-state index contributed by atoms with van der Waals surface area (Å²) in [4.78, 5) is 23.4. The van der Waals surface area contributed by atoms with Crippen LogP contribution in [0.5, 0.6) is 0 Å². The fraction of sp³-hybridized carbons (Fsp3) is 0.500. The SMILES string of the molecule is COC(=O)Nc1ccc(NC(=O)[C@H]2C[C@H]3CC[C@H]2C3)cc1. The van der Waals surface area contributed by atoms with Crippen LogP contribution in [0.3, 0.4) is 0 Å². The number of hydrogen-bond acceptors (Lipinski definition) is 3. The number of nitrogens with one attached hydrogen (secondary N) is 2. The van der Waals surface area contributed by atoms with Gasteiger partial charge < -0.3 is 10.1 Å². The lowest BCUT2D eigenvalue weighted by Crippen LogP contribution is -2.27. The lowest BCUT2D eigenvalue weighted by atomic mass is 9.88. The molecule has 3 atom stereocenters. The average Bonchev–Trinajstić information content (AvgIpc) is 3.12. The van der Waals surface area contributed by atoms with Crippen LogP contribution in [0.2, 0.25) is 0 Å². The largest absolute Gasteiger partial charge is 0.453 e. The van der Waals surface area contributed by atoms with Gasteiger partial charge in [0.05, 0.1) is 7.11 Å². The number of carbonyl (C=O) groups excluding carboxylic acids is 2. The molecule has 2 fully saturated rings. The molecule has 0 heterocycles. The first-order valence-corrected chi connectivity index (χ1v) is 7.41. The lowest BCUT2D eigenvalue weighted by molar-refractivity contribution is -0.121. The first-order chi connectivity index (χ1) is 10.2. The van der Waals surface area contributed by atoms with Gasteiger partial charge in [0.25, 0.3) is 0 Å². The fourth-order valence-electron chi connectivity index (χ4n) is 3.61. The predicted molar refractivity (Wildman–Crippen MR) is 80.0 cm³/mol. The molecule has 5 heteroatoms. The van der Waals surface area contributed by atoms with Crippen LogP contribution in [0, 0.1) is 17.8 Å².